The van der Waals surface area contributed by atoms with E-state index in [1.54, 1.807) is 12.3 Å². The van der Waals surface area contributed by atoms with Crippen LogP contribution >= 0.6 is 0 Å². The molecule has 8 heteroatoms. The van der Waals surface area contributed by atoms with E-state index in [4.69, 9.17) is 10.1 Å². The molecule has 5 rings (SSSR count). The van der Waals surface area contributed by atoms with Gasteiger partial charge in [0.1, 0.15) is 11.6 Å². The summed E-state index contributed by atoms with van der Waals surface area (Å²) in [5.41, 5.74) is 2.02. The molecular weight excluding hydrogens is 400 g/mol. The number of nitrogens with one attached hydrogen (secondary N) is 1. The third kappa shape index (κ3) is 2.70. The Morgan fingerprint density at radius 1 is 1.16 bits per heavy atom. The first-order valence-electron chi connectivity index (χ1n) is 10.4. The summed E-state index contributed by atoms with van der Waals surface area (Å²) >= 11 is 0. The summed E-state index contributed by atoms with van der Waals surface area (Å²) in [6, 6.07) is 7.49. The van der Waals surface area contributed by atoms with Gasteiger partial charge in [0.25, 0.3) is 0 Å². The number of fused-ring (bicyclic) bond motifs is 5. The second kappa shape index (κ2) is 7.02. The first-order chi connectivity index (χ1) is 14.9. The molecule has 0 aliphatic heterocycles. The van der Waals surface area contributed by atoms with E-state index in [2.05, 4.69) is 34.3 Å². The lowest BCUT2D eigenvalue weighted by Gasteiger charge is -2.37. The van der Waals surface area contributed by atoms with Crippen LogP contribution in [0.4, 0.5) is 14.7 Å². The van der Waals surface area contributed by atoms with Gasteiger partial charge in [0, 0.05) is 12.7 Å². The lowest BCUT2D eigenvalue weighted by atomic mass is 9.66. The molecule has 2 aromatic heterocycles. The Morgan fingerprint density at radius 2 is 1.94 bits per heavy atom. The van der Waals surface area contributed by atoms with Crippen LogP contribution in [-0.2, 0) is 5.41 Å². The summed E-state index contributed by atoms with van der Waals surface area (Å²) in [6.07, 6.45) is 3.49. The molecule has 31 heavy (non-hydrogen) atoms. The van der Waals surface area contributed by atoms with Crippen molar-refractivity contribution in [3.63, 3.8) is 0 Å². The fraction of sp³-hybridized carbons (Fsp3) is 0.391. The van der Waals surface area contributed by atoms with Gasteiger partial charge in [0.15, 0.2) is 0 Å². The van der Waals surface area contributed by atoms with Crippen LogP contribution in [0.1, 0.15) is 49.6 Å². The highest BCUT2D eigenvalue weighted by Gasteiger charge is 2.65. The van der Waals surface area contributed by atoms with Crippen molar-refractivity contribution in [1.29, 1.82) is 0 Å². The van der Waals surface area contributed by atoms with E-state index in [0.717, 1.165) is 29.8 Å². The van der Waals surface area contributed by atoms with Gasteiger partial charge in [-0.2, -0.15) is 5.10 Å². The van der Waals surface area contributed by atoms with Crippen LogP contribution in [0.15, 0.2) is 36.5 Å². The van der Waals surface area contributed by atoms with Gasteiger partial charge in [0.2, 0.25) is 5.95 Å². The molecule has 1 fully saturated rings. The number of aliphatic hydroxyl groups excluding tert-OH is 1. The minimum Gasteiger partial charge on any atom is -0.395 e. The average Bonchev–Trinajstić information content (AvgIpc) is 3.14. The number of rotatable bonds is 5. The Kier molecular flexibility index (Phi) is 4.51. The number of aliphatic hydroxyl groups is 1. The summed E-state index contributed by atoms with van der Waals surface area (Å²) in [5, 5.41) is 20.9. The van der Waals surface area contributed by atoms with Crippen LogP contribution in [0, 0.1) is 17.0 Å². The summed E-state index contributed by atoms with van der Waals surface area (Å²) in [4.78, 5) is 9.00. The van der Waals surface area contributed by atoms with Crippen LogP contribution in [0.2, 0.25) is 0 Å². The highest BCUT2D eigenvalue weighted by atomic mass is 19.1. The molecule has 0 saturated heterocycles. The van der Waals surface area contributed by atoms with Gasteiger partial charge in [-0.05, 0) is 54.0 Å². The summed E-state index contributed by atoms with van der Waals surface area (Å²) in [7, 11) is 0. The fourth-order valence-electron chi connectivity index (χ4n) is 5.61. The first kappa shape index (κ1) is 19.9. The number of hydrogen-bond acceptors (Lipinski definition) is 6. The predicted octanol–water partition coefficient (Wildman–Crippen LogP) is 3.82. The number of halogens is 2. The third-order valence-corrected chi connectivity index (χ3v) is 7.09. The molecule has 160 valence electrons. The number of hydrogen-bond donors (Lipinski definition) is 2. The lowest BCUT2D eigenvalue weighted by molar-refractivity contribution is 0.243. The Labute approximate surface area is 178 Å². The minimum absolute atomic E-state index is 0.0179. The van der Waals surface area contributed by atoms with Gasteiger partial charge in [-0.25, -0.2) is 18.7 Å². The van der Waals surface area contributed by atoms with Gasteiger partial charge < -0.3 is 10.4 Å². The van der Waals surface area contributed by atoms with Crippen molar-refractivity contribution in [3.8, 4) is 11.3 Å². The van der Waals surface area contributed by atoms with E-state index in [1.807, 2.05) is 6.07 Å². The molecular formula is C23H23F2N5O. The zero-order valence-electron chi connectivity index (χ0n) is 17.4. The maximum atomic E-state index is 14.4. The molecule has 1 saturated carbocycles. The second-order valence-corrected chi connectivity index (χ2v) is 8.76. The maximum absolute atomic E-state index is 14.4. The molecule has 2 bridgehead atoms. The van der Waals surface area contributed by atoms with Crippen LogP contribution in [0.3, 0.4) is 0 Å². The van der Waals surface area contributed by atoms with Crippen LogP contribution in [0.25, 0.3) is 11.3 Å². The molecule has 1 aromatic carbocycles. The Bertz CT molecular complexity index is 1150. The number of anilines is 1. The fourth-order valence-corrected chi connectivity index (χ4v) is 5.61. The van der Waals surface area contributed by atoms with Crippen molar-refractivity contribution in [3.05, 3.63) is 65.1 Å². The van der Waals surface area contributed by atoms with E-state index >= 15 is 0 Å². The van der Waals surface area contributed by atoms with Gasteiger partial charge in [-0.1, -0.05) is 19.9 Å². The molecule has 0 radical (unpaired) electrons. The number of benzene rings is 1. The second-order valence-electron chi connectivity index (χ2n) is 8.76. The SMILES string of the molecule is CC1(C)[C@H]2CC[C@]1(c1ccnc(NCCO)n1)c1nnc(-c3c(F)cccc3F)cc12. The molecule has 6 nitrogen and oxygen atoms in total. The average molecular weight is 423 g/mol. The molecule has 0 unspecified atom stereocenters. The molecule has 2 aliphatic carbocycles. The van der Waals surface area contributed by atoms with Crippen molar-refractivity contribution in [2.24, 2.45) is 5.41 Å². The first-order valence-corrected chi connectivity index (χ1v) is 10.4. The predicted molar refractivity (Wildman–Crippen MR) is 112 cm³/mol. The highest BCUT2D eigenvalue weighted by Crippen LogP contribution is 2.69. The van der Waals surface area contributed by atoms with Gasteiger partial charge in [-0.3, -0.25) is 0 Å². The van der Waals surface area contributed by atoms with Crippen molar-refractivity contribution >= 4 is 5.95 Å². The van der Waals surface area contributed by atoms with E-state index in [9.17, 15) is 8.78 Å². The zero-order valence-corrected chi connectivity index (χ0v) is 17.4. The van der Waals surface area contributed by atoms with E-state index in [-0.39, 0.29) is 29.2 Å². The van der Waals surface area contributed by atoms with Gasteiger partial charge >= 0.3 is 0 Å². The van der Waals surface area contributed by atoms with Crippen molar-refractivity contribution in [1.82, 2.24) is 20.2 Å². The summed E-state index contributed by atoms with van der Waals surface area (Å²) in [5.74, 6) is -0.675. The third-order valence-electron chi connectivity index (χ3n) is 7.09. The lowest BCUT2D eigenvalue weighted by Crippen LogP contribution is -2.38. The maximum Gasteiger partial charge on any atom is 0.222 e. The quantitative estimate of drug-likeness (QED) is 0.649. The van der Waals surface area contributed by atoms with Crippen LogP contribution in [-0.4, -0.2) is 38.4 Å². The Hall–Kier alpha value is -3.00. The summed E-state index contributed by atoms with van der Waals surface area (Å²) < 4.78 is 28.7. The Morgan fingerprint density at radius 3 is 2.68 bits per heavy atom. The molecule has 3 aromatic rings. The zero-order chi connectivity index (χ0) is 21.8. The van der Waals surface area contributed by atoms with Crippen LogP contribution < -0.4 is 5.32 Å². The molecule has 2 heterocycles. The topological polar surface area (TPSA) is 83.8 Å². The Balaban J connectivity index is 1.66. The van der Waals surface area contributed by atoms with Crippen LogP contribution in [0.5, 0.6) is 0 Å². The largest absolute Gasteiger partial charge is 0.395 e. The smallest absolute Gasteiger partial charge is 0.222 e. The van der Waals surface area contributed by atoms with E-state index in [0.29, 0.717) is 12.5 Å². The van der Waals surface area contributed by atoms with Crippen molar-refractivity contribution in [2.75, 3.05) is 18.5 Å². The molecule has 2 aliphatic rings. The number of aromatic nitrogens is 4. The van der Waals surface area contributed by atoms with Gasteiger partial charge in [0.05, 0.1) is 34.7 Å². The summed E-state index contributed by atoms with van der Waals surface area (Å²) in [6.45, 7) is 4.73. The highest BCUT2D eigenvalue weighted by molar-refractivity contribution is 5.64. The molecule has 2 atom stereocenters. The number of nitrogens with zero attached hydrogens (tertiary/aromatic N) is 4. The van der Waals surface area contributed by atoms with Gasteiger partial charge in [-0.15, -0.1) is 5.10 Å². The molecule has 0 spiro atoms. The van der Waals surface area contributed by atoms with Crippen molar-refractivity contribution < 1.29 is 13.9 Å². The standard InChI is InChI=1S/C23H23F2N5O/c1-22(2)14-6-8-23(22,18-7-9-26-21(28-18)27-10-11-31)20-13(14)12-17(29-30-20)19-15(24)4-3-5-16(19)25/h3-5,7,9,12,14,31H,6,8,10-11H2,1-2H3,(H,26,27,28)/t14-,23-/m0/s1. The molecule has 0 amide bonds. The van der Waals surface area contributed by atoms with E-state index < -0.39 is 17.0 Å². The monoisotopic (exact) mass is 423 g/mol. The normalized spacial score (nSPS) is 23.1. The van der Waals surface area contributed by atoms with E-state index in [1.165, 1.54) is 18.2 Å². The minimum atomic E-state index is -0.651. The molecule has 2 N–H and O–H groups in total. The van der Waals surface area contributed by atoms with Crippen molar-refractivity contribution in [2.45, 2.75) is 38.0 Å².